The van der Waals surface area contributed by atoms with Gasteiger partial charge >= 0.3 is 6.18 Å². The summed E-state index contributed by atoms with van der Waals surface area (Å²) in [6.45, 7) is -0.203. The normalized spacial score (nSPS) is 11.3. The Morgan fingerprint density at radius 3 is 2.41 bits per heavy atom. The van der Waals surface area contributed by atoms with Gasteiger partial charge in [0.25, 0.3) is 5.91 Å². The minimum absolute atomic E-state index is 0.203. The van der Waals surface area contributed by atoms with Crippen LogP contribution >= 0.6 is 11.6 Å². The van der Waals surface area contributed by atoms with Crippen molar-refractivity contribution in [2.45, 2.75) is 12.6 Å². The maximum Gasteiger partial charge on any atom is 0.416 e. The summed E-state index contributed by atoms with van der Waals surface area (Å²) < 4.78 is 43.7. The summed E-state index contributed by atoms with van der Waals surface area (Å²) >= 11 is 5.87. The summed E-state index contributed by atoms with van der Waals surface area (Å²) in [5.74, 6) is -0.454. The summed E-state index contributed by atoms with van der Waals surface area (Å²) in [7, 11) is 0. The van der Waals surface area contributed by atoms with E-state index < -0.39 is 17.6 Å². The Morgan fingerprint density at radius 2 is 1.71 bits per heavy atom. The Kier molecular flexibility index (Phi) is 8.26. The first-order chi connectivity index (χ1) is 16.2. The van der Waals surface area contributed by atoms with E-state index in [2.05, 4.69) is 15.8 Å². The quantitative estimate of drug-likeness (QED) is 0.342. The van der Waals surface area contributed by atoms with Crippen LogP contribution in [0.3, 0.4) is 0 Å². The molecule has 0 saturated heterocycles. The van der Waals surface area contributed by atoms with Crippen molar-refractivity contribution in [3.63, 3.8) is 0 Å². The van der Waals surface area contributed by atoms with Gasteiger partial charge in [-0.3, -0.25) is 9.59 Å². The van der Waals surface area contributed by atoms with Crippen LogP contribution in [-0.2, 0) is 22.2 Å². The Balaban J connectivity index is 1.44. The second-order valence-corrected chi connectivity index (χ2v) is 7.52. The van der Waals surface area contributed by atoms with Crippen LogP contribution in [0.2, 0.25) is 5.02 Å². The third-order valence-electron chi connectivity index (χ3n) is 4.38. The van der Waals surface area contributed by atoms with Gasteiger partial charge in [0.05, 0.1) is 18.2 Å². The second kappa shape index (κ2) is 11.3. The number of hydrogen-bond donors (Lipinski definition) is 2. The summed E-state index contributed by atoms with van der Waals surface area (Å²) in [5, 5.41) is 6.97. The lowest BCUT2D eigenvalue weighted by atomic mass is 10.1. The van der Waals surface area contributed by atoms with Crippen molar-refractivity contribution in [3.8, 4) is 5.75 Å². The van der Waals surface area contributed by atoms with Crippen molar-refractivity contribution < 1.29 is 27.5 Å². The number of ether oxygens (including phenoxy) is 1. The summed E-state index contributed by atoms with van der Waals surface area (Å²) in [4.78, 5) is 23.9. The zero-order chi connectivity index (χ0) is 24.6. The van der Waals surface area contributed by atoms with Crippen LogP contribution in [0.25, 0.3) is 0 Å². The molecule has 0 bridgehead atoms. The molecule has 0 saturated carbocycles. The lowest BCUT2D eigenvalue weighted by Crippen LogP contribution is -2.20. The van der Waals surface area contributed by atoms with Crippen LogP contribution in [0.4, 0.5) is 18.9 Å². The van der Waals surface area contributed by atoms with E-state index in [1.54, 1.807) is 48.5 Å². The second-order valence-electron chi connectivity index (χ2n) is 7.08. The molecule has 2 amide bonds. The van der Waals surface area contributed by atoms with Gasteiger partial charge in [-0.1, -0.05) is 35.9 Å². The van der Waals surface area contributed by atoms with Gasteiger partial charge in [-0.2, -0.15) is 18.3 Å². The summed E-state index contributed by atoms with van der Waals surface area (Å²) in [6.07, 6.45) is -3.34. The summed E-state index contributed by atoms with van der Waals surface area (Å²) in [5.41, 5.74) is 2.88. The maximum atomic E-state index is 12.8. The van der Waals surface area contributed by atoms with Crippen LogP contribution in [0, 0.1) is 0 Å². The third-order valence-corrected chi connectivity index (χ3v) is 4.62. The lowest BCUT2D eigenvalue weighted by Gasteiger charge is -2.08. The molecule has 3 rings (SSSR count). The van der Waals surface area contributed by atoms with Crippen LogP contribution in [-0.4, -0.2) is 24.6 Å². The molecule has 2 N–H and O–H groups in total. The van der Waals surface area contributed by atoms with Crippen LogP contribution in [0.1, 0.15) is 16.7 Å². The van der Waals surface area contributed by atoms with Crippen molar-refractivity contribution >= 4 is 35.3 Å². The number of rotatable bonds is 8. The first-order valence-electron chi connectivity index (χ1n) is 9.95. The predicted molar refractivity (Wildman–Crippen MR) is 123 cm³/mol. The van der Waals surface area contributed by atoms with Gasteiger partial charge in [-0.15, -0.1) is 0 Å². The molecule has 0 fully saturated rings. The number of halogens is 4. The first kappa shape index (κ1) is 24.8. The molecule has 0 radical (unpaired) electrons. The molecule has 0 unspecified atom stereocenters. The SMILES string of the molecule is O=C(Cc1cccc(C(F)(F)F)c1)N/N=C\c1ccc(OCC(=O)Nc2cccc(Cl)c2)cc1. The number of carbonyl (C=O) groups excluding carboxylic acids is 2. The highest BCUT2D eigenvalue weighted by molar-refractivity contribution is 6.30. The number of hydrogen-bond acceptors (Lipinski definition) is 4. The molecule has 10 heteroatoms. The van der Waals surface area contributed by atoms with Crippen LogP contribution in [0.5, 0.6) is 5.75 Å². The highest BCUT2D eigenvalue weighted by Crippen LogP contribution is 2.29. The molecule has 3 aromatic carbocycles. The molecule has 0 aliphatic rings. The molecule has 6 nitrogen and oxygen atoms in total. The molecule has 34 heavy (non-hydrogen) atoms. The largest absolute Gasteiger partial charge is 0.484 e. The van der Waals surface area contributed by atoms with Crippen molar-refractivity contribution in [1.82, 2.24) is 5.43 Å². The fourth-order valence-electron chi connectivity index (χ4n) is 2.82. The van der Waals surface area contributed by atoms with Gasteiger partial charge in [-0.25, -0.2) is 5.43 Å². The lowest BCUT2D eigenvalue weighted by molar-refractivity contribution is -0.137. The van der Waals surface area contributed by atoms with Gasteiger partial charge in [-0.05, 0) is 59.7 Å². The molecule has 0 spiro atoms. The van der Waals surface area contributed by atoms with E-state index in [0.717, 1.165) is 12.1 Å². The number of nitrogens with one attached hydrogen (secondary N) is 2. The average Bonchev–Trinajstić information content (AvgIpc) is 2.78. The Hall–Kier alpha value is -3.85. The monoisotopic (exact) mass is 489 g/mol. The predicted octanol–water partition coefficient (Wildman–Crippen LogP) is 5.07. The van der Waals surface area contributed by atoms with Gasteiger partial charge in [0, 0.05) is 10.7 Å². The van der Waals surface area contributed by atoms with E-state index in [1.165, 1.54) is 18.3 Å². The van der Waals surface area contributed by atoms with Crippen molar-refractivity contribution in [2.75, 3.05) is 11.9 Å². The van der Waals surface area contributed by atoms with Crippen molar-refractivity contribution in [2.24, 2.45) is 5.10 Å². The minimum Gasteiger partial charge on any atom is -0.484 e. The van der Waals surface area contributed by atoms with Crippen molar-refractivity contribution in [3.05, 3.63) is 94.5 Å². The molecular weight excluding hydrogens is 471 g/mol. The fourth-order valence-corrected chi connectivity index (χ4v) is 3.01. The Labute approximate surface area is 198 Å². The molecule has 0 heterocycles. The number of alkyl halides is 3. The highest BCUT2D eigenvalue weighted by Gasteiger charge is 2.30. The minimum atomic E-state index is -4.47. The van der Waals surface area contributed by atoms with Gasteiger partial charge in [0.15, 0.2) is 6.61 Å². The smallest absolute Gasteiger partial charge is 0.416 e. The number of carbonyl (C=O) groups is 2. The molecule has 3 aromatic rings. The Bertz CT molecular complexity index is 1180. The standard InChI is InChI=1S/C24H19ClF3N3O3/c25-19-5-2-6-20(13-19)30-23(33)15-34-21-9-7-16(8-10-21)14-29-31-22(32)12-17-3-1-4-18(11-17)24(26,27)28/h1-11,13-14H,12,15H2,(H,30,33)(H,31,32)/b29-14-. The zero-order valence-corrected chi connectivity index (χ0v) is 18.4. The molecule has 0 aliphatic heterocycles. The number of amides is 2. The fraction of sp³-hybridized carbons (Fsp3) is 0.125. The van der Waals surface area contributed by atoms with Gasteiger partial charge in [0.1, 0.15) is 5.75 Å². The Morgan fingerprint density at radius 1 is 0.971 bits per heavy atom. The number of nitrogens with zero attached hydrogens (tertiary/aromatic N) is 1. The molecule has 0 atom stereocenters. The molecular formula is C24H19ClF3N3O3. The third kappa shape index (κ3) is 7.93. The van der Waals surface area contributed by atoms with E-state index in [9.17, 15) is 22.8 Å². The number of benzene rings is 3. The highest BCUT2D eigenvalue weighted by atomic mass is 35.5. The van der Waals surface area contributed by atoms with Gasteiger partial charge in [0.2, 0.25) is 5.91 Å². The number of anilines is 1. The van der Waals surface area contributed by atoms with E-state index in [1.807, 2.05) is 0 Å². The van der Waals surface area contributed by atoms with E-state index in [0.29, 0.717) is 22.0 Å². The van der Waals surface area contributed by atoms with E-state index in [4.69, 9.17) is 16.3 Å². The maximum absolute atomic E-state index is 12.8. The zero-order valence-electron chi connectivity index (χ0n) is 17.6. The van der Waals surface area contributed by atoms with E-state index in [-0.39, 0.29) is 24.5 Å². The van der Waals surface area contributed by atoms with Crippen LogP contribution in [0.15, 0.2) is 77.9 Å². The molecule has 0 aliphatic carbocycles. The molecule has 176 valence electrons. The summed E-state index contributed by atoms with van der Waals surface area (Å²) in [6, 6.07) is 17.9. The van der Waals surface area contributed by atoms with Gasteiger partial charge < -0.3 is 10.1 Å². The molecule has 0 aromatic heterocycles. The average molecular weight is 490 g/mol. The van der Waals surface area contributed by atoms with Crippen LogP contribution < -0.4 is 15.5 Å². The number of hydrazone groups is 1. The van der Waals surface area contributed by atoms with Crippen molar-refractivity contribution in [1.29, 1.82) is 0 Å². The topological polar surface area (TPSA) is 79.8 Å². The van der Waals surface area contributed by atoms with E-state index >= 15 is 0 Å². The first-order valence-corrected chi connectivity index (χ1v) is 10.3.